The molecule has 0 aliphatic heterocycles. The van der Waals surface area contributed by atoms with E-state index in [9.17, 15) is 4.79 Å². The first kappa shape index (κ1) is 15.4. The van der Waals surface area contributed by atoms with E-state index in [4.69, 9.17) is 4.98 Å². The Morgan fingerprint density at radius 2 is 1.83 bits per heavy atom. The number of rotatable bonds is 4. The fourth-order valence-corrected chi connectivity index (χ4v) is 3.22. The van der Waals surface area contributed by atoms with Crippen LogP contribution in [0.1, 0.15) is 27.7 Å². The molecule has 1 aromatic heterocycles. The number of hydrogen-bond donors (Lipinski definition) is 1. The zero-order chi connectivity index (χ0) is 16.4. The van der Waals surface area contributed by atoms with Crippen LogP contribution < -0.4 is 5.32 Å². The standard InChI is InChI=1S/C19H18N2OS/c1-12-7-9-15(10-8-12)18-14(3)23-19(21-18)20-17-6-4-5-16(11-17)13(2)22/h4-11H,1-3H3,(H,20,21). The van der Waals surface area contributed by atoms with E-state index in [0.29, 0.717) is 5.56 Å². The molecule has 0 saturated carbocycles. The van der Waals surface area contributed by atoms with Gasteiger partial charge in [0, 0.05) is 21.7 Å². The van der Waals surface area contributed by atoms with Crippen molar-refractivity contribution in [2.75, 3.05) is 5.32 Å². The highest BCUT2D eigenvalue weighted by molar-refractivity contribution is 7.16. The van der Waals surface area contributed by atoms with E-state index in [-0.39, 0.29) is 5.78 Å². The highest BCUT2D eigenvalue weighted by Crippen LogP contribution is 2.32. The Labute approximate surface area is 140 Å². The van der Waals surface area contributed by atoms with Gasteiger partial charge in [-0.3, -0.25) is 4.79 Å². The molecule has 0 radical (unpaired) electrons. The zero-order valence-corrected chi connectivity index (χ0v) is 14.2. The Morgan fingerprint density at radius 1 is 1.09 bits per heavy atom. The summed E-state index contributed by atoms with van der Waals surface area (Å²) in [7, 11) is 0. The smallest absolute Gasteiger partial charge is 0.187 e. The van der Waals surface area contributed by atoms with Crippen LogP contribution in [-0.2, 0) is 0 Å². The van der Waals surface area contributed by atoms with Crippen molar-refractivity contribution in [2.45, 2.75) is 20.8 Å². The van der Waals surface area contributed by atoms with Crippen LogP contribution >= 0.6 is 11.3 Å². The fraction of sp³-hybridized carbons (Fsp3) is 0.158. The average Bonchev–Trinajstić information content (AvgIpc) is 2.89. The zero-order valence-electron chi connectivity index (χ0n) is 13.4. The average molecular weight is 322 g/mol. The van der Waals surface area contributed by atoms with Gasteiger partial charge in [-0.05, 0) is 32.9 Å². The first-order chi connectivity index (χ1) is 11.0. The van der Waals surface area contributed by atoms with E-state index in [0.717, 1.165) is 22.1 Å². The van der Waals surface area contributed by atoms with E-state index in [2.05, 4.69) is 43.4 Å². The van der Waals surface area contributed by atoms with Gasteiger partial charge in [-0.25, -0.2) is 4.98 Å². The second-order valence-electron chi connectivity index (χ2n) is 5.55. The molecule has 0 spiro atoms. The first-order valence-corrected chi connectivity index (χ1v) is 8.27. The Balaban J connectivity index is 1.88. The summed E-state index contributed by atoms with van der Waals surface area (Å²) in [6.07, 6.45) is 0. The topological polar surface area (TPSA) is 42.0 Å². The number of anilines is 2. The molecule has 2 aromatic carbocycles. The molecule has 23 heavy (non-hydrogen) atoms. The molecule has 0 unspecified atom stereocenters. The molecule has 0 atom stereocenters. The molecule has 0 saturated heterocycles. The third kappa shape index (κ3) is 3.48. The van der Waals surface area contributed by atoms with E-state index in [1.54, 1.807) is 18.3 Å². The van der Waals surface area contributed by atoms with Crippen LogP contribution in [0.5, 0.6) is 0 Å². The maximum atomic E-state index is 11.5. The maximum Gasteiger partial charge on any atom is 0.187 e. The molecule has 0 amide bonds. The van der Waals surface area contributed by atoms with E-state index >= 15 is 0 Å². The van der Waals surface area contributed by atoms with Gasteiger partial charge >= 0.3 is 0 Å². The number of carbonyl (C=O) groups is 1. The molecular weight excluding hydrogens is 304 g/mol. The quantitative estimate of drug-likeness (QED) is 0.656. The van der Waals surface area contributed by atoms with Crippen LogP contribution in [0.4, 0.5) is 10.8 Å². The lowest BCUT2D eigenvalue weighted by Gasteiger charge is -2.04. The number of nitrogens with zero attached hydrogens (tertiary/aromatic N) is 1. The first-order valence-electron chi connectivity index (χ1n) is 7.45. The van der Waals surface area contributed by atoms with E-state index in [1.807, 2.05) is 24.3 Å². The second-order valence-corrected chi connectivity index (χ2v) is 6.76. The molecule has 0 aliphatic carbocycles. The Morgan fingerprint density at radius 3 is 2.52 bits per heavy atom. The Bertz CT molecular complexity index is 850. The fourth-order valence-electron chi connectivity index (χ4n) is 2.37. The molecule has 4 heteroatoms. The van der Waals surface area contributed by atoms with Gasteiger partial charge in [0.15, 0.2) is 10.9 Å². The van der Waals surface area contributed by atoms with Crippen molar-refractivity contribution in [1.82, 2.24) is 4.98 Å². The monoisotopic (exact) mass is 322 g/mol. The molecule has 0 aliphatic rings. The molecular formula is C19H18N2OS. The molecule has 1 N–H and O–H groups in total. The lowest BCUT2D eigenvalue weighted by Crippen LogP contribution is -1.95. The summed E-state index contributed by atoms with van der Waals surface area (Å²) in [5.74, 6) is 0.0595. The minimum atomic E-state index is 0.0595. The third-order valence-corrected chi connectivity index (χ3v) is 4.53. The summed E-state index contributed by atoms with van der Waals surface area (Å²) < 4.78 is 0. The molecule has 1 heterocycles. The SMILES string of the molecule is CC(=O)c1cccc(Nc2nc(-c3ccc(C)cc3)c(C)s2)c1. The van der Waals surface area contributed by atoms with Gasteiger partial charge in [-0.1, -0.05) is 42.0 Å². The number of Topliss-reactive ketones (excluding diaryl/α,β-unsaturated/α-hetero) is 1. The van der Waals surface area contributed by atoms with Gasteiger partial charge < -0.3 is 5.32 Å². The van der Waals surface area contributed by atoms with Crippen molar-refractivity contribution in [3.63, 3.8) is 0 Å². The van der Waals surface area contributed by atoms with Gasteiger partial charge in [0.05, 0.1) is 5.69 Å². The number of thiazole rings is 1. The Kier molecular flexibility index (Phi) is 4.26. The third-order valence-electron chi connectivity index (χ3n) is 3.64. The molecule has 0 bridgehead atoms. The maximum absolute atomic E-state index is 11.5. The molecule has 3 nitrogen and oxygen atoms in total. The molecule has 116 valence electrons. The number of carbonyl (C=O) groups excluding carboxylic acids is 1. The lowest BCUT2D eigenvalue weighted by atomic mass is 10.1. The minimum absolute atomic E-state index is 0.0595. The van der Waals surface area contributed by atoms with Gasteiger partial charge in [-0.15, -0.1) is 11.3 Å². The minimum Gasteiger partial charge on any atom is -0.332 e. The van der Waals surface area contributed by atoms with Crippen LogP contribution in [0.25, 0.3) is 11.3 Å². The molecule has 0 fully saturated rings. The van der Waals surface area contributed by atoms with Crippen LogP contribution in [0.15, 0.2) is 48.5 Å². The summed E-state index contributed by atoms with van der Waals surface area (Å²) in [5.41, 5.74) is 4.93. The van der Waals surface area contributed by atoms with Gasteiger partial charge in [0.2, 0.25) is 0 Å². The summed E-state index contributed by atoms with van der Waals surface area (Å²) >= 11 is 1.62. The largest absolute Gasteiger partial charge is 0.332 e. The van der Waals surface area contributed by atoms with Gasteiger partial charge in [0.1, 0.15) is 0 Å². The highest BCUT2D eigenvalue weighted by atomic mass is 32.1. The number of nitrogens with one attached hydrogen (secondary N) is 1. The summed E-state index contributed by atoms with van der Waals surface area (Å²) in [5, 5.41) is 4.13. The number of aromatic nitrogens is 1. The van der Waals surface area contributed by atoms with Crippen molar-refractivity contribution in [2.24, 2.45) is 0 Å². The van der Waals surface area contributed by atoms with Crippen LogP contribution in [0.2, 0.25) is 0 Å². The van der Waals surface area contributed by atoms with E-state index in [1.165, 1.54) is 10.4 Å². The van der Waals surface area contributed by atoms with Gasteiger partial charge in [-0.2, -0.15) is 0 Å². The normalized spacial score (nSPS) is 10.6. The van der Waals surface area contributed by atoms with Crippen LogP contribution in [0.3, 0.4) is 0 Å². The second kappa shape index (κ2) is 6.34. The number of hydrogen-bond acceptors (Lipinski definition) is 4. The summed E-state index contributed by atoms with van der Waals surface area (Å²) in [6.45, 7) is 5.72. The lowest BCUT2D eigenvalue weighted by molar-refractivity contribution is 0.101. The Hall–Kier alpha value is -2.46. The number of aryl methyl sites for hydroxylation is 2. The predicted molar refractivity (Wildman–Crippen MR) is 96.8 cm³/mol. The highest BCUT2D eigenvalue weighted by Gasteiger charge is 2.10. The summed E-state index contributed by atoms with van der Waals surface area (Å²) in [6, 6.07) is 15.9. The van der Waals surface area contributed by atoms with E-state index < -0.39 is 0 Å². The predicted octanol–water partition coefficient (Wildman–Crippen LogP) is 5.37. The van der Waals surface area contributed by atoms with Crippen LogP contribution in [-0.4, -0.2) is 10.8 Å². The molecule has 3 rings (SSSR count). The molecule has 3 aromatic rings. The van der Waals surface area contributed by atoms with Crippen molar-refractivity contribution in [1.29, 1.82) is 0 Å². The van der Waals surface area contributed by atoms with Crippen molar-refractivity contribution < 1.29 is 4.79 Å². The van der Waals surface area contributed by atoms with Crippen molar-refractivity contribution in [3.8, 4) is 11.3 Å². The van der Waals surface area contributed by atoms with Crippen molar-refractivity contribution >= 4 is 27.9 Å². The number of benzene rings is 2. The van der Waals surface area contributed by atoms with Crippen molar-refractivity contribution in [3.05, 3.63) is 64.5 Å². The summed E-state index contributed by atoms with van der Waals surface area (Å²) in [4.78, 5) is 17.3. The van der Waals surface area contributed by atoms with Crippen LogP contribution in [0, 0.1) is 13.8 Å². The van der Waals surface area contributed by atoms with Gasteiger partial charge in [0.25, 0.3) is 0 Å². The number of ketones is 1.